The summed E-state index contributed by atoms with van der Waals surface area (Å²) >= 11 is 0. The Morgan fingerprint density at radius 2 is 2.06 bits per heavy atom. The van der Waals surface area contributed by atoms with Gasteiger partial charge in [-0.2, -0.15) is 0 Å². The first-order valence-corrected chi connectivity index (χ1v) is 7.19. The summed E-state index contributed by atoms with van der Waals surface area (Å²) in [6, 6.07) is 8.54. The molecule has 0 saturated heterocycles. The normalized spacial score (nSPS) is 18.6. The third-order valence-corrected chi connectivity index (χ3v) is 4.22. The maximum absolute atomic E-state index is 5.81. The van der Waals surface area contributed by atoms with Crippen molar-refractivity contribution in [1.82, 2.24) is 0 Å². The van der Waals surface area contributed by atoms with E-state index in [9.17, 15) is 0 Å². The van der Waals surface area contributed by atoms with Crippen LogP contribution in [-0.4, -0.2) is 13.7 Å². The molecule has 0 radical (unpaired) electrons. The number of hydrogen-bond acceptors (Lipinski definition) is 2. The molecule has 0 heterocycles. The highest BCUT2D eigenvalue weighted by atomic mass is 16.5. The molecule has 1 saturated carbocycles. The first kappa shape index (κ1) is 13.4. The van der Waals surface area contributed by atoms with Crippen molar-refractivity contribution in [3.63, 3.8) is 0 Å². The third-order valence-electron chi connectivity index (χ3n) is 4.22. The van der Waals surface area contributed by atoms with Crippen LogP contribution in [0.15, 0.2) is 24.3 Å². The summed E-state index contributed by atoms with van der Waals surface area (Å²) in [7, 11) is 1.73. The molecule has 0 spiro atoms. The van der Waals surface area contributed by atoms with Crippen molar-refractivity contribution in [3.8, 4) is 5.75 Å². The van der Waals surface area contributed by atoms with E-state index in [-0.39, 0.29) is 0 Å². The fraction of sp³-hybridized carbons (Fsp3) is 0.625. The molecule has 1 unspecified atom stereocenters. The summed E-state index contributed by atoms with van der Waals surface area (Å²) < 4.78 is 5.34. The average Bonchev–Trinajstić information content (AvgIpc) is 2.46. The lowest BCUT2D eigenvalue weighted by Gasteiger charge is -2.30. The van der Waals surface area contributed by atoms with Crippen molar-refractivity contribution < 1.29 is 4.74 Å². The van der Waals surface area contributed by atoms with E-state index >= 15 is 0 Å². The Kier molecular flexibility index (Phi) is 5.06. The van der Waals surface area contributed by atoms with Gasteiger partial charge >= 0.3 is 0 Å². The summed E-state index contributed by atoms with van der Waals surface area (Å²) in [4.78, 5) is 0. The Bertz CT molecular complexity index is 358. The SMILES string of the molecule is COc1cccc(C(CCN)C2CCCCC2)c1. The molecular formula is C16H25NO. The standard InChI is InChI=1S/C16H25NO/c1-18-15-9-5-8-14(12-15)16(10-11-17)13-6-3-2-4-7-13/h5,8-9,12-13,16H,2-4,6-7,10-11,17H2,1H3. The molecule has 0 amide bonds. The van der Waals surface area contributed by atoms with Crippen LogP contribution in [0.1, 0.15) is 50.0 Å². The number of methoxy groups -OCH3 is 1. The molecule has 1 aromatic carbocycles. The molecule has 1 aromatic rings. The van der Waals surface area contributed by atoms with Crippen LogP contribution >= 0.6 is 0 Å². The summed E-state index contributed by atoms with van der Waals surface area (Å²) in [5.74, 6) is 2.39. The highest BCUT2D eigenvalue weighted by Gasteiger charge is 2.24. The Hall–Kier alpha value is -1.02. The third kappa shape index (κ3) is 3.26. The van der Waals surface area contributed by atoms with Gasteiger partial charge in [-0.1, -0.05) is 31.4 Å². The molecule has 1 fully saturated rings. The lowest BCUT2D eigenvalue weighted by atomic mass is 9.75. The van der Waals surface area contributed by atoms with Crippen molar-refractivity contribution in [2.75, 3.05) is 13.7 Å². The van der Waals surface area contributed by atoms with Gasteiger partial charge in [-0.3, -0.25) is 0 Å². The smallest absolute Gasteiger partial charge is 0.119 e. The van der Waals surface area contributed by atoms with Crippen LogP contribution in [0.25, 0.3) is 0 Å². The molecule has 0 bridgehead atoms. The average molecular weight is 247 g/mol. The Morgan fingerprint density at radius 3 is 2.72 bits per heavy atom. The zero-order chi connectivity index (χ0) is 12.8. The van der Waals surface area contributed by atoms with Crippen LogP contribution in [0, 0.1) is 5.92 Å². The minimum atomic E-state index is 0.616. The molecule has 1 aliphatic carbocycles. The van der Waals surface area contributed by atoms with E-state index in [1.807, 2.05) is 6.07 Å². The van der Waals surface area contributed by atoms with Gasteiger partial charge in [-0.15, -0.1) is 0 Å². The van der Waals surface area contributed by atoms with Crippen LogP contribution in [0.4, 0.5) is 0 Å². The van der Waals surface area contributed by atoms with Crippen LogP contribution < -0.4 is 10.5 Å². The van der Waals surface area contributed by atoms with E-state index in [1.54, 1.807) is 7.11 Å². The molecule has 0 aromatic heterocycles. The zero-order valence-electron chi connectivity index (χ0n) is 11.4. The molecule has 2 rings (SSSR count). The number of hydrogen-bond donors (Lipinski definition) is 1. The maximum Gasteiger partial charge on any atom is 0.119 e. The van der Waals surface area contributed by atoms with E-state index in [0.717, 1.165) is 24.6 Å². The fourth-order valence-electron chi connectivity index (χ4n) is 3.26. The molecule has 100 valence electrons. The van der Waals surface area contributed by atoms with Gasteiger partial charge in [0.1, 0.15) is 5.75 Å². The predicted molar refractivity (Wildman–Crippen MR) is 76.0 cm³/mol. The van der Waals surface area contributed by atoms with Crippen molar-refractivity contribution in [3.05, 3.63) is 29.8 Å². The van der Waals surface area contributed by atoms with E-state index in [1.165, 1.54) is 37.7 Å². The molecule has 18 heavy (non-hydrogen) atoms. The summed E-state index contributed by atoms with van der Waals surface area (Å²) in [6.45, 7) is 0.776. The van der Waals surface area contributed by atoms with Crippen molar-refractivity contribution in [2.24, 2.45) is 11.7 Å². The second-order valence-electron chi connectivity index (χ2n) is 5.36. The second-order valence-corrected chi connectivity index (χ2v) is 5.36. The molecule has 1 atom stereocenters. The second kappa shape index (κ2) is 6.79. The van der Waals surface area contributed by atoms with Gasteiger partial charge in [-0.05, 0) is 55.3 Å². The lowest BCUT2D eigenvalue weighted by molar-refractivity contribution is 0.295. The van der Waals surface area contributed by atoms with Crippen LogP contribution in [0.5, 0.6) is 5.75 Å². The summed E-state index contributed by atoms with van der Waals surface area (Å²) in [6.07, 6.45) is 8.00. The minimum absolute atomic E-state index is 0.616. The molecule has 1 aliphatic rings. The van der Waals surface area contributed by atoms with Gasteiger partial charge in [0.15, 0.2) is 0 Å². The van der Waals surface area contributed by atoms with Gasteiger partial charge in [0.05, 0.1) is 7.11 Å². The fourth-order valence-corrected chi connectivity index (χ4v) is 3.26. The van der Waals surface area contributed by atoms with Gasteiger partial charge in [-0.25, -0.2) is 0 Å². The number of nitrogens with two attached hydrogens (primary N) is 1. The quantitative estimate of drug-likeness (QED) is 0.861. The maximum atomic E-state index is 5.81. The minimum Gasteiger partial charge on any atom is -0.497 e. The molecule has 2 nitrogen and oxygen atoms in total. The first-order chi connectivity index (χ1) is 8.85. The number of benzene rings is 1. The van der Waals surface area contributed by atoms with Crippen LogP contribution in [-0.2, 0) is 0 Å². The van der Waals surface area contributed by atoms with Crippen LogP contribution in [0.2, 0.25) is 0 Å². The van der Waals surface area contributed by atoms with E-state index in [0.29, 0.717) is 5.92 Å². The van der Waals surface area contributed by atoms with Gasteiger partial charge < -0.3 is 10.5 Å². The van der Waals surface area contributed by atoms with Gasteiger partial charge in [0.25, 0.3) is 0 Å². The van der Waals surface area contributed by atoms with Crippen molar-refractivity contribution in [2.45, 2.75) is 44.4 Å². The topological polar surface area (TPSA) is 35.2 Å². The molecule has 2 heteroatoms. The van der Waals surface area contributed by atoms with Crippen LogP contribution in [0.3, 0.4) is 0 Å². The number of rotatable bonds is 5. The predicted octanol–water partition coefficient (Wildman–Crippen LogP) is 3.71. The highest BCUT2D eigenvalue weighted by molar-refractivity contribution is 5.31. The molecular weight excluding hydrogens is 222 g/mol. The summed E-state index contributed by atoms with van der Waals surface area (Å²) in [5, 5.41) is 0. The van der Waals surface area contributed by atoms with Crippen molar-refractivity contribution >= 4 is 0 Å². The Morgan fingerprint density at radius 1 is 1.28 bits per heavy atom. The van der Waals surface area contributed by atoms with Crippen molar-refractivity contribution in [1.29, 1.82) is 0 Å². The molecule has 0 aliphatic heterocycles. The summed E-state index contributed by atoms with van der Waals surface area (Å²) in [5.41, 5.74) is 7.22. The zero-order valence-corrected chi connectivity index (χ0v) is 11.4. The Labute approximate surface area is 111 Å². The van der Waals surface area contributed by atoms with Gasteiger partial charge in [0.2, 0.25) is 0 Å². The molecule has 2 N–H and O–H groups in total. The van der Waals surface area contributed by atoms with E-state index in [4.69, 9.17) is 10.5 Å². The number of ether oxygens (including phenoxy) is 1. The largest absolute Gasteiger partial charge is 0.497 e. The first-order valence-electron chi connectivity index (χ1n) is 7.19. The van der Waals surface area contributed by atoms with Gasteiger partial charge in [0, 0.05) is 0 Å². The monoisotopic (exact) mass is 247 g/mol. The van der Waals surface area contributed by atoms with E-state index < -0.39 is 0 Å². The Balaban J connectivity index is 2.16. The van der Waals surface area contributed by atoms with E-state index in [2.05, 4.69) is 18.2 Å². The lowest BCUT2D eigenvalue weighted by Crippen LogP contribution is -2.19. The highest BCUT2D eigenvalue weighted by Crippen LogP contribution is 2.38.